The number of aryl methyl sites for hydroxylation is 1. The Balaban J connectivity index is 3.28. The molecule has 78 valence electrons. The molecule has 0 atom stereocenters. The molecule has 0 aromatic heterocycles. The van der Waals surface area contributed by atoms with Crippen LogP contribution in [0.25, 0.3) is 0 Å². The third kappa shape index (κ3) is 1.97. The molecule has 0 aliphatic rings. The zero-order chi connectivity index (χ0) is 10.6. The van der Waals surface area contributed by atoms with Crippen molar-refractivity contribution in [2.45, 2.75) is 39.8 Å². The van der Waals surface area contributed by atoms with Crippen LogP contribution in [0.1, 0.15) is 36.1 Å². The minimum atomic E-state index is 0.587. The number of nitrogens with two attached hydrogens (primary N) is 2. The summed E-state index contributed by atoms with van der Waals surface area (Å²) in [6.07, 6.45) is 2.12. The molecule has 1 rings (SSSR count). The summed E-state index contributed by atoms with van der Waals surface area (Å²) in [5.74, 6) is 0. The highest BCUT2D eigenvalue weighted by Crippen LogP contribution is 2.20. The molecule has 0 aliphatic heterocycles. The maximum Gasteiger partial charge on any atom is 0.0184 e. The first-order chi connectivity index (χ1) is 6.78. The monoisotopic (exact) mass is 192 g/mol. The average molecular weight is 192 g/mol. The van der Waals surface area contributed by atoms with Crippen molar-refractivity contribution in [2.24, 2.45) is 11.5 Å². The molecule has 0 amide bonds. The first-order valence-electron chi connectivity index (χ1n) is 5.31. The van der Waals surface area contributed by atoms with Crippen molar-refractivity contribution in [3.05, 3.63) is 34.4 Å². The minimum absolute atomic E-state index is 0.587. The van der Waals surface area contributed by atoms with Crippen LogP contribution in [-0.2, 0) is 25.9 Å². The van der Waals surface area contributed by atoms with Crippen molar-refractivity contribution in [3.8, 4) is 0 Å². The summed E-state index contributed by atoms with van der Waals surface area (Å²) in [5.41, 5.74) is 16.7. The van der Waals surface area contributed by atoms with Gasteiger partial charge in [-0.15, -0.1) is 0 Å². The smallest absolute Gasteiger partial charge is 0.0184 e. The lowest BCUT2D eigenvalue weighted by Gasteiger charge is -2.15. The molecule has 0 spiro atoms. The Hall–Kier alpha value is -0.860. The van der Waals surface area contributed by atoms with Gasteiger partial charge in [0, 0.05) is 13.1 Å². The summed E-state index contributed by atoms with van der Waals surface area (Å²) >= 11 is 0. The zero-order valence-corrected chi connectivity index (χ0v) is 9.14. The maximum atomic E-state index is 5.77. The number of hydrogen-bond donors (Lipinski definition) is 2. The van der Waals surface area contributed by atoms with Crippen LogP contribution in [0.3, 0.4) is 0 Å². The molecule has 0 heterocycles. The maximum absolute atomic E-state index is 5.77. The molecule has 0 saturated carbocycles. The van der Waals surface area contributed by atoms with E-state index in [0.717, 1.165) is 12.8 Å². The van der Waals surface area contributed by atoms with Crippen molar-refractivity contribution in [1.82, 2.24) is 0 Å². The standard InChI is InChI=1S/C12H20N2/c1-3-9-5-6-10(7-13)12(8-14)11(9)4-2/h5-6H,3-4,7-8,13-14H2,1-2H3. The molecule has 0 saturated heterocycles. The van der Waals surface area contributed by atoms with Crippen LogP contribution in [0.4, 0.5) is 0 Å². The fourth-order valence-electron chi connectivity index (χ4n) is 2.01. The van der Waals surface area contributed by atoms with Gasteiger partial charge in [0.25, 0.3) is 0 Å². The second-order valence-corrected chi connectivity index (χ2v) is 3.46. The fraction of sp³-hybridized carbons (Fsp3) is 0.500. The summed E-state index contributed by atoms with van der Waals surface area (Å²) in [6.45, 7) is 5.54. The lowest BCUT2D eigenvalue weighted by atomic mass is 9.93. The molecule has 4 N–H and O–H groups in total. The van der Waals surface area contributed by atoms with E-state index in [1.807, 2.05) is 0 Å². The van der Waals surface area contributed by atoms with Gasteiger partial charge < -0.3 is 11.5 Å². The van der Waals surface area contributed by atoms with Gasteiger partial charge in [-0.1, -0.05) is 26.0 Å². The molecule has 1 aromatic rings. The van der Waals surface area contributed by atoms with Crippen molar-refractivity contribution >= 4 is 0 Å². The SMILES string of the molecule is CCc1ccc(CN)c(CN)c1CC. The molecular formula is C12H20N2. The Morgan fingerprint density at radius 2 is 1.50 bits per heavy atom. The third-order valence-electron chi connectivity index (χ3n) is 2.78. The predicted molar refractivity (Wildman–Crippen MR) is 61.0 cm³/mol. The van der Waals surface area contributed by atoms with Crippen molar-refractivity contribution in [3.63, 3.8) is 0 Å². The topological polar surface area (TPSA) is 52.0 Å². The number of rotatable bonds is 4. The van der Waals surface area contributed by atoms with Crippen LogP contribution in [0, 0.1) is 0 Å². The van der Waals surface area contributed by atoms with Gasteiger partial charge in [-0.05, 0) is 35.1 Å². The Morgan fingerprint density at radius 1 is 0.857 bits per heavy atom. The quantitative estimate of drug-likeness (QED) is 0.763. The summed E-state index contributed by atoms with van der Waals surface area (Å²) in [4.78, 5) is 0. The van der Waals surface area contributed by atoms with E-state index in [2.05, 4.69) is 26.0 Å². The van der Waals surface area contributed by atoms with Gasteiger partial charge in [0.1, 0.15) is 0 Å². The van der Waals surface area contributed by atoms with Crippen LogP contribution >= 0.6 is 0 Å². The Bertz CT molecular complexity index is 274. The van der Waals surface area contributed by atoms with Crippen LogP contribution in [0.15, 0.2) is 12.1 Å². The summed E-state index contributed by atoms with van der Waals surface area (Å²) in [7, 11) is 0. The van der Waals surface area contributed by atoms with Gasteiger partial charge in [0.15, 0.2) is 0 Å². The van der Waals surface area contributed by atoms with Gasteiger partial charge in [-0.25, -0.2) is 0 Å². The molecule has 0 unspecified atom stereocenters. The predicted octanol–water partition coefficient (Wildman–Crippen LogP) is 1.73. The van der Waals surface area contributed by atoms with Crippen LogP contribution in [0.2, 0.25) is 0 Å². The largest absolute Gasteiger partial charge is 0.326 e. The fourth-order valence-corrected chi connectivity index (χ4v) is 2.01. The van der Waals surface area contributed by atoms with Gasteiger partial charge in [0.05, 0.1) is 0 Å². The molecule has 0 fully saturated rings. The zero-order valence-electron chi connectivity index (χ0n) is 9.14. The molecule has 0 aliphatic carbocycles. The number of hydrogen-bond acceptors (Lipinski definition) is 2. The van der Waals surface area contributed by atoms with E-state index in [4.69, 9.17) is 11.5 Å². The van der Waals surface area contributed by atoms with Crippen LogP contribution in [-0.4, -0.2) is 0 Å². The Kier molecular flexibility index (Phi) is 4.11. The molecular weight excluding hydrogens is 172 g/mol. The molecule has 14 heavy (non-hydrogen) atoms. The molecule has 0 bridgehead atoms. The van der Waals surface area contributed by atoms with Crippen molar-refractivity contribution in [2.75, 3.05) is 0 Å². The van der Waals surface area contributed by atoms with E-state index < -0.39 is 0 Å². The summed E-state index contributed by atoms with van der Waals surface area (Å²) in [6, 6.07) is 4.29. The average Bonchev–Trinajstić information content (AvgIpc) is 2.26. The number of benzene rings is 1. The second kappa shape index (κ2) is 5.13. The van der Waals surface area contributed by atoms with Gasteiger partial charge in [-0.3, -0.25) is 0 Å². The van der Waals surface area contributed by atoms with E-state index in [0.29, 0.717) is 13.1 Å². The van der Waals surface area contributed by atoms with E-state index >= 15 is 0 Å². The third-order valence-corrected chi connectivity index (χ3v) is 2.78. The summed E-state index contributed by atoms with van der Waals surface area (Å²) in [5, 5.41) is 0. The lowest BCUT2D eigenvalue weighted by molar-refractivity contribution is 0.916. The van der Waals surface area contributed by atoms with Crippen LogP contribution < -0.4 is 11.5 Å². The first kappa shape index (κ1) is 11.2. The highest BCUT2D eigenvalue weighted by Gasteiger charge is 2.08. The minimum Gasteiger partial charge on any atom is -0.326 e. The Morgan fingerprint density at radius 3 is 1.93 bits per heavy atom. The lowest BCUT2D eigenvalue weighted by Crippen LogP contribution is -2.11. The van der Waals surface area contributed by atoms with Gasteiger partial charge >= 0.3 is 0 Å². The van der Waals surface area contributed by atoms with Gasteiger partial charge in [0.2, 0.25) is 0 Å². The Labute approximate surface area is 86.3 Å². The highest BCUT2D eigenvalue weighted by atomic mass is 14.6. The summed E-state index contributed by atoms with van der Waals surface area (Å²) < 4.78 is 0. The normalized spacial score (nSPS) is 10.6. The van der Waals surface area contributed by atoms with Crippen molar-refractivity contribution in [1.29, 1.82) is 0 Å². The van der Waals surface area contributed by atoms with E-state index in [1.165, 1.54) is 22.3 Å². The molecule has 0 radical (unpaired) electrons. The van der Waals surface area contributed by atoms with E-state index in [1.54, 1.807) is 0 Å². The van der Waals surface area contributed by atoms with Crippen LogP contribution in [0.5, 0.6) is 0 Å². The van der Waals surface area contributed by atoms with Crippen molar-refractivity contribution < 1.29 is 0 Å². The second-order valence-electron chi connectivity index (χ2n) is 3.46. The van der Waals surface area contributed by atoms with E-state index in [-0.39, 0.29) is 0 Å². The van der Waals surface area contributed by atoms with E-state index in [9.17, 15) is 0 Å². The molecule has 2 heteroatoms. The highest BCUT2D eigenvalue weighted by molar-refractivity contribution is 5.41. The van der Waals surface area contributed by atoms with Gasteiger partial charge in [-0.2, -0.15) is 0 Å². The first-order valence-corrected chi connectivity index (χ1v) is 5.31. The molecule has 1 aromatic carbocycles. The molecule has 2 nitrogen and oxygen atoms in total.